The zero-order chi connectivity index (χ0) is 15.9. The summed E-state index contributed by atoms with van der Waals surface area (Å²) in [5.41, 5.74) is 10.4. The Bertz CT molecular complexity index is 709. The average molecular weight is 296 g/mol. The lowest BCUT2D eigenvalue weighted by molar-refractivity contribution is -0.104. The normalized spacial score (nSPS) is 10.6. The predicted molar refractivity (Wildman–Crippen MR) is 84.7 cm³/mol. The van der Waals surface area contributed by atoms with Gasteiger partial charge >= 0.3 is 0 Å². The second-order valence-electron chi connectivity index (χ2n) is 4.69. The van der Waals surface area contributed by atoms with Gasteiger partial charge in [-0.15, -0.1) is 0 Å². The van der Waals surface area contributed by atoms with Crippen LogP contribution in [0.15, 0.2) is 48.5 Å². The Morgan fingerprint density at radius 2 is 1.91 bits per heavy atom. The zero-order valence-electron chi connectivity index (χ0n) is 11.8. The number of nitrogens with one attached hydrogen (secondary N) is 1. The van der Waals surface area contributed by atoms with E-state index in [0.29, 0.717) is 35.1 Å². The van der Waals surface area contributed by atoms with Gasteiger partial charge in [-0.2, -0.15) is 0 Å². The number of aldehydes is 1. The van der Waals surface area contributed by atoms with Crippen LogP contribution in [0.3, 0.4) is 0 Å². The third-order valence-corrected chi connectivity index (χ3v) is 3.30. The van der Waals surface area contributed by atoms with Gasteiger partial charge in [-0.3, -0.25) is 20.3 Å². The molecule has 0 saturated heterocycles. The molecule has 0 heterocycles. The van der Waals surface area contributed by atoms with E-state index in [4.69, 9.17) is 5.73 Å². The Labute approximate surface area is 128 Å². The molecule has 4 N–H and O–H groups in total. The Hall–Kier alpha value is -2.92. The van der Waals surface area contributed by atoms with Crippen LogP contribution in [0.4, 0.5) is 5.69 Å². The molecule has 0 unspecified atom stereocenters. The van der Waals surface area contributed by atoms with E-state index in [9.17, 15) is 14.8 Å². The molecule has 5 nitrogen and oxygen atoms in total. The number of carbonyl (C=O) groups is 2. The van der Waals surface area contributed by atoms with Crippen LogP contribution >= 0.6 is 0 Å². The maximum absolute atomic E-state index is 11.6. The minimum absolute atomic E-state index is 0.323. The first kappa shape index (κ1) is 15.5. The number of carbonyl (C=O) groups excluding carboxylic acids is 2. The lowest BCUT2D eigenvalue weighted by Gasteiger charge is -2.15. The predicted octanol–water partition coefficient (Wildman–Crippen LogP) is 2.39. The first-order valence-corrected chi connectivity index (χ1v) is 6.69. The first-order valence-electron chi connectivity index (χ1n) is 6.69. The standard InChI is InChI=1S/C17H16N2O3/c18-17(21)14-9-8-13(7-4-10-20)16(19-22)15(14)11-12-5-2-1-3-6-12/h1-10,19,22H,11H2,(H2,18,21). The highest BCUT2D eigenvalue weighted by Crippen LogP contribution is 2.28. The second-order valence-corrected chi connectivity index (χ2v) is 4.69. The van der Waals surface area contributed by atoms with Crippen molar-refractivity contribution in [2.24, 2.45) is 5.73 Å². The maximum Gasteiger partial charge on any atom is 0.249 e. The maximum atomic E-state index is 11.6. The molecule has 0 saturated carbocycles. The van der Waals surface area contributed by atoms with Gasteiger partial charge in [0.2, 0.25) is 5.91 Å². The lowest BCUT2D eigenvalue weighted by atomic mass is 9.94. The van der Waals surface area contributed by atoms with E-state index in [1.807, 2.05) is 30.3 Å². The van der Waals surface area contributed by atoms with Gasteiger partial charge < -0.3 is 5.73 Å². The molecule has 0 bridgehead atoms. The molecule has 0 atom stereocenters. The van der Waals surface area contributed by atoms with Crippen LogP contribution in [-0.4, -0.2) is 17.4 Å². The summed E-state index contributed by atoms with van der Waals surface area (Å²) in [5.74, 6) is -0.576. The van der Waals surface area contributed by atoms with Gasteiger partial charge in [-0.25, -0.2) is 0 Å². The van der Waals surface area contributed by atoms with E-state index in [-0.39, 0.29) is 0 Å². The number of hydrogen-bond donors (Lipinski definition) is 3. The van der Waals surface area contributed by atoms with Gasteiger partial charge in [0, 0.05) is 17.5 Å². The van der Waals surface area contributed by atoms with Crippen LogP contribution in [0.1, 0.15) is 27.0 Å². The molecular weight excluding hydrogens is 280 g/mol. The van der Waals surface area contributed by atoms with E-state index in [1.54, 1.807) is 18.2 Å². The summed E-state index contributed by atoms with van der Waals surface area (Å²) in [6.07, 6.45) is 3.92. The fraction of sp³-hybridized carbons (Fsp3) is 0.0588. The topological polar surface area (TPSA) is 92.4 Å². The van der Waals surface area contributed by atoms with Gasteiger partial charge in [0.1, 0.15) is 6.29 Å². The lowest BCUT2D eigenvalue weighted by Crippen LogP contribution is -2.16. The van der Waals surface area contributed by atoms with Gasteiger partial charge in [-0.05, 0) is 29.3 Å². The van der Waals surface area contributed by atoms with Gasteiger partial charge in [0.05, 0.1) is 5.69 Å². The molecule has 0 fully saturated rings. The van der Waals surface area contributed by atoms with E-state index in [1.165, 1.54) is 6.08 Å². The highest BCUT2D eigenvalue weighted by Gasteiger charge is 2.16. The zero-order valence-corrected chi connectivity index (χ0v) is 11.8. The molecule has 22 heavy (non-hydrogen) atoms. The van der Waals surface area contributed by atoms with Crippen molar-refractivity contribution in [1.29, 1.82) is 0 Å². The molecule has 0 aromatic heterocycles. The minimum Gasteiger partial charge on any atom is -0.366 e. The van der Waals surface area contributed by atoms with Crippen LogP contribution in [-0.2, 0) is 11.2 Å². The summed E-state index contributed by atoms with van der Waals surface area (Å²) in [6.45, 7) is 0. The summed E-state index contributed by atoms with van der Waals surface area (Å²) in [4.78, 5) is 22.1. The number of hydrogen-bond acceptors (Lipinski definition) is 4. The van der Waals surface area contributed by atoms with Crippen molar-refractivity contribution in [3.8, 4) is 0 Å². The number of anilines is 1. The SMILES string of the molecule is NC(=O)c1ccc(C=CC=O)c(NO)c1Cc1ccccc1. The molecular formula is C17H16N2O3. The summed E-state index contributed by atoms with van der Waals surface area (Å²) in [6, 6.07) is 12.7. The van der Waals surface area contributed by atoms with Crippen molar-refractivity contribution in [1.82, 2.24) is 0 Å². The van der Waals surface area contributed by atoms with Crippen LogP contribution in [0, 0.1) is 0 Å². The molecule has 0 aliphatic carbocycles. The fourth-order valence-corrected chi connectivity index (χ4v) is 2.29. The highest BCUT2D eigenvalue weighted by molar-refractivity contribution is 5.97. The number of benzene rings is 2. The van der Waals surface area contributed by atoms with Crippen molar-refractivity contribution in [2.75, 3.05) is 5.48 Å². The van der Waals surface area contributed by atoms with E-state index < -0.39 is 5.91 Å². The van der Waals surface area contributed by atoms with Crippen LogP contribution in [0.5, 0.6) is 0 Å². The quantitative estimate of drug-likeness (QED) is 0.433. The molecule has 0 aliphatic heterocycles. The molecule has 1 amide bonds. The number of primary amides is 1. The highest BCUT2D eigenvalue weighted by atomic mass is 16.5. The van der Waals surface area contributed by atoms with Gasteiger partial charge in [-0.1, -0.05) is 36.4 Å². The van der Waals surface area contributed by atoms with Crippen molar-refractivity contribution < 1.29 is 14.8 Å². The van der Waals surface area contributed by atoms with Crippen LogP contribution < -0.4 is 11.2 Å². The van der Waals surface area contributed by atoms with Crippen molar-refractivity contribution in [3.63, 3.8) is 0 Å². The number of nitrogens with two attached hydrogens (primary N) is 1. The second kappa shape index (κ2) is 7.19. The van der Waals surface area contributed by atoms with E-state index >= 15 is 0 Å². The molecule has 0 radical (unpaired) electrons. The smallest absolute Gasteiger partial charge is 0.249 e. The van der Waals surface area contributed by atoms with E-state index in [2.05, 4.69) is 5.48 Å². The fourth-order valence-electron chi connectivity index (χ4n) is 2.29. The van der Waals surface area contributed by atoms with E-state index in [0.717, 1.165) is 5.56 Å². The van der Waals surface area contributed by atoms with Gasteiger partial charge in [0.25, 0.3) is 0 Å². The van der Waals surface area contributed by atoms with Gasteiger partial charge in [0.15, 0.2) is 0 Å². The molecule has 2 aromatic rings. The average Bonchev–Trinajstić information content (AvgIpc) is 2.53. The number of amides is 1. The summed E-state index contributed by atoms with van der Waals surface area (Å²) >= 11 is 0. The van der Waals surface area contributed by atoms with Crippen LogP contribution in [0.2, 0.25) is 0 Å². The largest absolute Gasteiger partial charge is 0.366 e. The summed E-state index contributed by atoms with van der Waals surface area (Å²) < 4.78 is 0. The third kappa shape index (κ3) is 3.39. The Morgan fingerprint density at radius 1 is 1.18 bits per heavy atom. The molecule has 112 valence electrons. The van der Waals surface area contributed by atoms with Crippen molar-refractivity contribution >= 4 is 24.0 Å². The number of allylic oxidation sites excluding steroid dienone is 1. The minimum atomic E-state index is -0.576. The molecule has 5 heteroatoms. The first-order chi connectivity index (χ1) is 10.7. The van der Waals surface area contributed by atoms with Crippen molar-refractivity contribution in [2.45, 2.75) is 6.42 Å². The molecule has 0 spiro atoms. The monoisotopic (exact) mass is 296 g/mol. The molecule has 0 aliphatic rings. The van der Waals surface area contributed by atoms with Crippen molar-refractivity contribution in [3.05, 3.63) is 70.8 Å². The Balaban J connectivity index is 2.57. The number of rotatable bonds is 6. The molecule has 2 rings (SSSR count). The Kier molecular flexibility index (Phi) is 5.06. The molecule has 2 aromatic carbocycles. The summed E-state index contributed by atoms with van der Waals surface area (Å²) in [7, 11) is 0. The third-order valence-electron chi connectivity index (χ3n) is 3.30. The van der Waals surface area contributed by atoms with Crippen LogP contribution in [0.25, 0.3) is 6.08 Å². The summed E-state index contributed by atoms with van der Waals surface area (Å²) in [5, 5.41) is 9.46. The Morgan fingerprint density at radius 3 is 2.50 bits per heavy atom.